The molecule has 5 heteroatoms. The number of halogens is 1. The Balaban J connectivity index is 2.03. The lowest BCUT2D eigenvalue weighted by molar-refractivity contribution is 0.344. The summed E-state index contributed by atoms with van der Waals surface area (Å²) >= 11 is 0. The van der Waals surface area contributed by atoms with Crippen molar-refractivity contribution in [3.05, 3.63) is 54.6 Å². The van der Waals surface area contributed by atoms with Crippen LogP contribution in [0.4, 0.5) is 4.39 Å². The Morgan fingerprint density at radius 2 is 1.89 bits per heavy atom. The average molecular weight is 259 g/mol. The lowest BCUT2D eigenvalue weighted by Gasteiger charge is -2.07. The molecule has 0 aliphatic rings. The van der Waals surface area contributed by atoms with Gasteiger partial charge in [-0.05, 0) is 0 Å². The first kappa shape index (κ1) is 13.2. The van der Waals surface area contributed by atoms with Gasteiger partial charge in [-0.25, -0.2) is 14.4 Å². The highest BCUT2D eigenvalue weighted by atomic mass is 19.1. The largest absolute Gasteiger partial charge is 0.486 e. The molecule has 2 rings (SSSR count). The van der Waals surface area contributed by atoms with Gasteiger partial charge < -0.3 is 10.5 Å². The summed E-state index contributed by atoms with van der Waals surface area (Å²) in [6, 6.07) is 9.62. The normalized spacial score (nSPS) is 11.4. The van der Waals surface area contributed by atoms with Crippen LogP contribution in [0.2, 0.25) is 0 Å². The van der Waals surface area contributed by atoms with Crippen molar-refractivity contribution in [1.82, 2.24) is 9.97 Å². The van der Waals surface area contributed by atoms with E-state index in [1.165, 1.54) is 0 Å². The van der Waals surface area contributed by atoms with E-state index in [0.29, 0.717) is 23.5 Å². The van der Waals surface area contributed by atoms with E-state index in [1.54, 1.807) is 12.4 Å². The predicted molar refractivity (Wildman–Crippen MR) is 71.2 cm³/mol. The molecule has 0 saturated heterocycles. The second-order valence-electron chi connectivity index (χ2n) is 3.87. The third-order valence-electron chi connectivity index (χ3n) is 2.50. The third kappa shape index (κ3) is 3.59. The van der Waals surface area contributed by atoms with Crippen molar-refractivity contribution < 1.29 is 9.13 Å². The Morgan fingerprint density at radius 1 is 1.21 bits per heavy atom. The van der Waals surface area contributed by atoms with Gasteiger partial charge in [0, 0.05) is 17.7 Å². The fourth-order valence-electron chi connectivity index (χ4n) is 1.44. The lowest BCUT2D eigenvalue weighted by Crippen LogP contribution is -2.11. The molecule has 1 heterocycles. The highest BCUT2D eigenvalue weighted by Gasteiger charge is 2.02. The van der Waals surface area contributed by atoms with Crippen LogP contribution in [0.25, 0.3) is 11.4 Å². The van der Waals surface area contributed by atoms with Gasteiger partial charge >= 0.3 is 0 Å². The standard InChI is InChI=1S/C14H14FN3O/c15-6-11(7-16)10-19-13-8-17-14(18-9-13)12-4-2-1-3-5-12/h1-6,8-9H,7,10,16H2/b11-6-. The molecular formula is C14H14FN3O. The van der Waals surface area contributed by atoms with E-state index in [0.717, 1.165) is 5.56 Å². The van der Waals surface area contributed by atoms with Crippen LogP contribution in [0.1, 0.15) is 0 Å². The predicted octanol–water partition coefficient (Wildman–Crippen LogP) is 2.33. The maximum absolute atomic E-state index is 12.3. The number of nitrogens with zero attached hydrogens (tertiary/aromatic N) is 2. The lowest BCUT2D eigenvalue weighted by atomic mass is 10.2. The molecule has 0 aliphatic carbocycles. The molecule has 4 nitrogen and oxygen atoms in total. The van der Waals surface area contributed by atoms with E-state index < -0.39 is 0 Å². The van der Waals surface area contributed by atoms with Gasteiger partial charge in [0.05, 0.1) is 18.7 Å². The van der Waals surface area contributed by atoms with Gasteiger partial charge in [0.2, 0.25) is 0 Å². The summed E-state index contributed by atoms with van der Waals surface area (Å²) in [5.74, 6) is 1.10. The average Bonchev–Trinajstić information content (AvgIpc) is 2.50. The van der Waals surface area contributed by atoms with Gasteiger partial charge in [0.1, 0.15) is 6.61 Å². The van der Waals surface area contributed by atoms with Crippen LogP contribution >= 0.6 is 0 Å². The van der Waals surface area contributed by atoms with E-state index >= 15 is 0 Å². The summed E-state index contributed by atoms with van der Waals surface area (Å²) < 4.78 is 17.6. The first-order valence-corrected chi connectivity index (χ1v) is 5.82. The highest BCUT2D eigenvalue weighted by Crippen LogP contribution is 2.16. The smallest absolute Gasteiger partial charge is 0.159 e. The van der Waals surface area contributed by atoms with Crippen molar-refractivity contribution in [2.24, 2.45) is 5.73 Å². The molecular weight excluding hydrogens is 245 g/mol. The summed E-state index contributed by atoms with van der Waals surface area (Å²) in [6.07, 6.45) is 3.57. The topological polar surface area (TPSA) is 61.0 Å². The molecule has 2 N–H and O–H groups in total. The van der Waals surface area contributed by atoms with Crippen LogP contribution in [0.3, 0.4) is 0 Å². The van der Waals surface area contributed by atoms with Crippen LogP contribution in [-0.2, 0) is 0 Å². The molecule has 1 aromatic heterocycles. The first-order chi connectivity index (χ1) is 9.33. The Labute approximate surface area is 110 Å². The van der Waals surface area contributed by atoms with Crippen molar-refractivity contribution in [3.63, 3.8) is 0 Å². The van der Waals surface area contributed by atoms with Crippen molar-refractivity contribution in [2.75, 3.05) is 13.2 Å². The molecule has 1 aromatic carbocycles. The maximum Gasteiger partial charge on any atom is 0.159 e. The van der Waals surface area contributed by atoms with E-state index in [1.807, 2.05) is 30.3 Å². The minimum atomic E-state index is 0.0983. The van der Waals surface area contributed by atoms with E-state index in [2.05, 4.69) is 9.97 Å². The van der Waals surface area contributed by atoms with E-state index in [4.69, 9.17) is 10.5 Å². The summed E-state index contributed by atoms with van der Waals surface area (Å²) in [4.78, 5) is 8.40. The summed E-state index contributed by atoms with van der Waals surface area (Å²) in [7, 11) is 0. The van der Waals surface area contributed by atoms with Crippen molar-refractivity contribution in [3.8, 4) is 17.1 Å². The van der Waals surface area contributed by atoms with Gasteiger partial charge in [0.15, 0.2) is 11.6 Å². The Morgan fingerprint density at radius 3 is 2.47 bits per heavy atom. The van der Waals surface area contributed by atoms with Gasteiger partial charge in [-0.1, -0.05) is 30.3 Å². The molecule has 0 bridgehead atoms. The number of benzene rings is 1. The van der Waals surface area contributed by atoms with Crippen LogP contribution in [0.15, 0.2) is 54.6 Å². The number of hydrogen-bond donors (Lipinski definition) is 1. The van der Waals surface area contributed by atoms with Crippen molar-refractivity contribution in [1.29, 1.82) is 0 Å². The molecule has 0 radical (unpaired) electrons. The second-order valence-corrected chi connectivity index (χ2v) is 3.87. The van der Waals surface area contributed by atoms with Crippen LogP contribution < -0.4 is 10.5 Å². The fourth-order valence-corrected chi connectivity index (χ4v) is 1.44. The Kier molecular flexibility index (Phi) is 4.58. The van der Waals surface area contributed by atoms with Gasteiger partial charge in [0.25, 0.3) is 0 Å². The molecule has 0 atom stereocenters. The molecule has 98 valence electrons. The zero-order chi connectivity index (χ0) is 13.5. The zero-order valence-corrected chi connectivity index (χ0v) is 10.3. The number of aromatic nitrogens is 2. The Bertz CT molecular complexity index is 540. The Hall–Kier alpha value is -2.27. The monoisotopic (exact) mass is 259 g/mol. The SMILES string of the molecule is NC/C(=C/F)COc1cnc(-c2ccccc2)nc1. The van der Waals surface area contributed by atoms with Crippen LogP contribution in [0.5, 0.6) is 5.75 Å². The fraction of sp³-hybridized carbons (Fsp3) is 0.143. The molecule has 0 unspecified atom stereocenters. The molecule has 19 heavy (non-hydrogen) atoms. The summed E-state index contributed by atoms with van der Waals surface area (Å²) in [5.41, 5.74) is 6.64. The van der Waals surface area contributed by atoms with Gasteiger partial charge in [-0.15, -0.1) is 0 Å². The van der Waals surface area contributed by atoms with E-state index in [-0.39, 0.29) is 13.2 Å². The first-order valence-electron chi connectivity index (χ1n) is 5.82. The minimum Gasteiger partial charge on any atom is -0.486 e. The third-order valence-corrected chi connectivity index (χ3v) is 2.50. The molecule has 0 aliphatic heterocycles. The maximum atomic E-state index is 12.3. The summed E-state index contributed by atoms with van der Waals surface area (Å²) in [6.45, 7) is 0.223. The molecule has 2 aromatic rings. The van der Waals surface area contributed by atoms with Gasteiger partial charge in [-0.2, -0.15) is 0 Å². The number of rotatable bonds is 5. The van der Waals surface area contributed by atoms with E-state index in [9.17, 15) is 4.39 Å². The van der Waals surface area contributed by atoms with Crippen LogP contribution in [-0.4, -0.2) is 23.1 Å². The quantitative estimate of drug-likeness (QED) is 0.895. The molecule has 0 spiro atoms. The second kappa shape index (κ2) is 6.61. The van der Waals surface area contributed by atoms with Crippen LogP contribution in [0, 0.1) is 0 Å². The van der Waals surface area contributed by atoms with Crippen molar-refractivity contribution in [2.45, 2.75) is 0 Å². The minimum absolute atomic E-state index is 0.0983. The number of ether oxygens (including phenoxy) is 1. The van der Waals surface area contributed by atoms with Gasteiger partial charge in [-0.3, -0.25) is 0 Å². The number of nitrogens with two attached hydrogens (primary N) is 1. The van der Waals surface area contributed by atoms with Crippen molar-refractivity contribution >= 4 is 0 Å². The highest BCUT2D eigenvalue weighted by molar-refractivity contribution is 5.54. The molecule has 0 saturated carbocycles. The summed E-state index contributed by atoms with van der Waals surface area (Å²) in [5, 5.41) is 0. The molecule has 0 amide bonds. The number of hydrogen-bond acceptors (Lipinski definition) is 4. The molecule has 0 fully saturated rings. The zero-order valence-electron chi connectivity index (χ0n) is 10.3.